The van der Waals surface area contributed by atoms with Crippen molar-refractivity contribution >= 4 is 34.5 Å². The number of nitrogens with zero attached hydrogens (tertiary/aromatic N) is 1. The zero-order chi connectivity index (χ0) is 23.4. The minimum atomic E-state index is -0.264. The third-order valence-corrected chi connectivity index (χ3v) is 6.83. The molecule has 0 radical (unpaired) electrons. The Bertz CT molecular complexity index is 1150. The molecule has 2 heterocycles. The predicted octanol–water partition coefficient (Wildman–Crippen LogP) is 4.58. The Labute approximate surface area is 197 Å². The van der Waals surface area contributed by atoms with Crippen molar-refractivity contribution in [2.24, 2.45) is 0 Å². The molecule has 1 atom stereocenters. The van der Waals surface area contributed by atoms with E-state index in [4.69, 9.17) is 9.47 Å². The maximum atomic E-state index is 12.9. The van der Waals surface area contributed by atoms with Crippen LogP contribution >= 0.6 is 11.3 Å². The molecule has 0 saturated heterocycles. The first-order valence-electron chi connectivity index (χ1n) is 10.7. The van der Waals surface area contributed by atoms with E-state index in [-0.39, 0.29) is 24.4 Å². The van der Waals surface area contributed by atoms with Gasteiger partial charge < -0.3 is 20.1 Å². The molecule has 0 aliphatic carbocycles. The van der Waals surface area contributed by atoms with Gasteiger partial charge >= 0.3 is 0 Å². The first-order valence-corrected chi connectivity index (χ1v) is 11.6. The second-order valence-corrected chi connectivity index (χ2v) is 8.82. The number of benzene rings is 2. The Morgan fingerprint density at radius 3 is 2.36 bits per heavy atom. The monoisotopic (exact) mass is 465 g/mol. The van der Waals surface area contributed by atoms with E-state index in [1.807, 2.05) is 6.07 Å². The summed E-state index contributed by atoms with van der Waals surface area (Å²) >= 11 is 1.78. The van der Waals surface area contributed by atoms with Crippen LogP contribution < -0.4 is 20.1 Å². The summed E-state index contributed by atoms with van der Waals surface area (Å²) in [7, 11) is 3.03. The van der Waals surface area contributed by atoms with E-state index in [1.54, 1.807) is 47.7 Å². The van der Waals surface area contributed by atoms with E-state index in [9.17, 15) is 9.59 Å². The van der Waals surface area contributed by atoms with Gasteiger partial charge in [0.15, 0.2) is 0 Å². The first-order chi connectivity index (χ1) is 16.0. The Kier molecular flexibility index (Phi) is 6.96. The van der Waals surface area contributed by atoms with E-state index >= 15 is 0 Å². The average Bonchev–Trinajstić information content (AvgIpc) is 3.31. The summed E-state index contributed by atoms with van der Waals surface area (Å²) in [5.41, 5.74) is 2.77. The van der Waals surface area contributed by atoms with E-state index in [1.165, 1.54) is 24.7 Å². The predicted molar refractivity (Wildman–Crippen MR) is 131 cm³/mol. The topological polar surface area (TPSA) is 79.9 Å². The van der Waals surface area contributed by atoms with Gasteiger partial charge in [-0.05, 0) is 42.5 Å². The van der Waals surface area contributed by atoms with Gasteiger partial charge in [-0.15, -0.1) is 11.3 Å². The van der Waals surface area contributed by atoms with Crippen molar-refractivity contribution < 1.29 is 19.1 Å². The van der Waals surface area contributed by atoms with E-state index < -0.39 is 0 Å². The number of fused-ring (bicyclic) bond motifs is 1. The number of thiophene rings is 1. The second kappa shape index (κ2) is 10.1. The smallest absolute Gasteiger partial charge is 0.255 e. The molecule has 7 nitrogen and oxygen atoms in total. The van der Waals surface area contributed by atoms with Crippen LogP contribution in [0.2, 0.25) is 0 Å². The molecule has 0 spiro atoms. The lowest BCUT2D eigenvalue weighted by Gasteiger charge is -2.33. The molecule has 8 heteroatoms. The van der Waals surface area contributed by atoms with Crippen LogP contribution in [0.4, 0.5) is 11.4 Å². The van der Waals surface area contributed by atoms with Gasteiger partial charge in [0.05, 0.1) is 32.1 Å². The Balaban J connectivity index is 1.48. The van der Waals surface area contributed by atoms with Crippen molar-refractivity contribution in [2.45, 2.75) is 19.4 Å². The van der Waals surface area contributed by atoms with Crippen molar-refractivity contribution in [1.29, 1.82) is 0 Å². The van der Waals surface area contributed by atoms with Gasteiger partial charge in [-0.25, -0.2) is 0 Å². The van der Waals surface area contributed by atoms with Crippen LogP contribution in [0.25, 0.3) is 0 Å². The summed E-state index contributed by atoms with van der Waals surface area (Å²) in [6, 6.07) is 14.6. The molecule has 3 aromatic rings. The molecule has 1 aliphatic heterocycles. The minimum absolute atomic E-state index is 0.137. The highest BCUT2D eigenvalue weighted by molar-refractivity contribution is 7.10. The number of rotatable bonds is 7. The van der Waals surface area contributed by atoms with Crippen LogP contribution in [0.15, 0.2) is 53.9 Å². The maximum absolute atomic E-state index is 12.9. The number of hydrogen-bond donors (Lipinski definition) is 2. The van der Waals surface area contributed by atoms with Gasteiger partial charge in [0.25, 0.3) is 5.91 Å². The molecule has 2 amide bonds. The molecular formula is C25H27N3O4S. The van der Waals surface area contributed by atoms with Crippen LogP contribution in [0.1, 0.15) is 33.8 Å². The summed E-state index contributed by atoms with van der Waals surface area (Å²) in [4.78, 5) is 29.0. The van der Waals surface area contributed by atoms with Gasteiger partial charge in [-0.1, -0.05) is 18.2 Å². The molecule has 172 valence electrons. The van der Waals surface area contributed by atoms with Crippen LogP contribution in [-0.2, 0) is 11.2 Å². The SMILES string of the molecule is COc1cc(NC(=O)c2ccccc2)c(OC)cc1NC(=O)CN1CCc2sccc2C1C. The van der Waals surface area contributed by atoms with Crippen molar-refractivity contribution in [3.8, 4) is 11.5 Å². The highest BCUT2D eigenvalue weighted by atomic mass is 32.1. The minimum Gasteiger partial charge on any atom is -0.494 e. The fourth-order valence-corrected chi connectivity index (χ4v) is 4.99. The number of ether oxygens (including phenoxy) is 2. The fraction of sp³-hybridized carbons (Fsp3) is 0.280. The average molecular weight is 466 g/mol. The maximum Gasteiger partial charge on any atom is 0.255 e. The Morgan fingerprint density at radius 1 is 1.03 bits per heavy atom. The third kappa shape index (κ3) is 5.02. The molecule has 1 aromatic heterocycles. The lowest BCUT2D eigenvalue weighted by atomic mass is 10.0. The molecular weight excluding hydrogens is 438 g/mol. The number of methoxy groups -OCH3 is 2. The van der Waals surface area contributed by atoms with Crippen molar-refractivity contribution in [1.82, 2.24) is 4.90 Å². The second-order valence-electron chi connectivity index (χ2n) is 7.82. The summed E-state index contributed by atoms with van der Waals surface area (Å²) in [6.45, 7) is 3.24. The van der Waals surface area contributed by atoms with Crippen molar-refractivity contribution in [3.63, 3.8) is 0 Å². The zero-order valence-corrected chi connectivity index (χ0v) is 19.7. The van der Waals surface area contributed by atoms with E-state index in [2.05, 4.69) is 33.9 Å². The largest absolute Gasteiger partial charge is 0.494 e. The number of carbonyl (C=O) groups excluding carboxylic acids is 2. The van der Waals surface area contributed by atoms with Crippen molar-refractivity contribution in [3.05, 3.63) is 69.9 Å². The van der Waals surface area contributed by atoms with Crippen molar-refractivity contribution in [2.75, 3.05) is 37.9 Å². The zero-order valence-electron chi connectivity index (χ0n) is 18.9. The van der Waals surface area contributed by atoms with Crippen LogP contribution in [0, 0.1) is 0 Å². The van der Waals surface area contributed by atoms with Crippen LogP contribution in [-0.4, -0.2) is 44.0 Å². The summed E-state index contributed by atoms with van der Waals surface area (Å²) < 4.78 is 11.0. The highest BCUT2D eigenvalue weighted by Crippen LogP contribution is 2.37. The summed E-state index contributed by atoms with van der Waals surface area (Å²) in [5.74, 6) is 0.450. The summed E-state index contributed by atoms with van der Waals surface area (Å²) in [5, 5.41) is 7.90. The number of amides is 2. The third-order valence-electron chi connectivity index (χ3n) is 5.83. The van der Waals surface area contributed by atoms with E-state index in [0.29, 0.717) is 28.4 Å². The molecule has 33 heavy (non-hydrogen) atoms. The lowest BCUT2D eigenvalue weighted by Crippen LogP contribution is -2.39. The number of anilines is 2. The normalized spacial score (nSPS) is 15.4. The van der Waals surface area contributed by atoms with E-state index in [0.717, 1.165) is 13.0 Å². The highest BCUT2D eigenvalue weighted by Gasteiger charge is 2.26. The number of carbonyl (C=O) groups is 2. The Hall–Kier alpha value is -3.36. The molecule has 2 N–H and O–H groups in total. The molecule has 0 fully saturated rings. The van der Waals surface area contributed by atoms with Gasteiger partial charge in [0.2, 0.25) is 5.91 Å². The number of hydrogen-bond acceptors (Lipinski definition) is 6. The van der Waals surface area contributed by atoms with Crippen LogP contribution in [0.5, 0.6) is 11.5 Å². The number of nitrogens with one attached hydrogen (secondary N) is 2. The molecule has 1 unspecified atom stereocenters. The van der Waals surface area contributed by atoms with Gasteiger partial charge in [-0.3, -0.25) is 14.5 Å². The summed E-state index contributed by atoms with van der Waals surface area (Å²) in [6.07, 6.45) is 0.956. The quantitative estimate of drug-likeness (QED) is 0.534. The lowest BCUT2D eigenvalue weighted by molar-refractivity contribution is -0.117. The standard InChI is InChI=1S/C25H27N3O4S/c1-16-18-10-12-33-23(18)9-11-28(16)15-24(29)26-19-13-22(32-3)20(14-21(19)31-2)27-25(30)17-7-5-4-6-8-17/h4-8,10,12-14,16H,9,11,15H2,1-3H3,(H,26,29)(H,27,30). The van der Waals surface area contributed by atoms with Crippen LogP contribution in [0.3, 0.4) is 0 Å². The fourth-order valence-electron chi connectivity index (χ4n) is 4.03. The first kappa shape index (κ1) is 22.8. The Morgan fingerprint density at radius 2 is 1.70 bits per heavy atom. The molecule has 2 aromatic carbocycles. The van der Waals surface area contributed by atoms with Gasteiger partial charge in [0, 0.05) is 35.2 Å². The molecule has 1 aliphatic rings. The molecule has 0 bridgehead atoms. The molecule has 0 saturated carbocycles. The van der Waals surface area contributed by atoms with Gasteiger partial charge in [0.1, 0.15) is 11.5 Å². The molecule has 4 rings (SSSR count). The van der Waals surface area contributed by atoms with Gasteiger partial charge in [-0.2, -0.15) is 0 Å².